The van der Waals surface area contributed by atoms with Gasteiger partial charge >= 0.3 is 29.6 Å². The number of hydrogen-bond acceptors (Lipinski definition) is 4. The summed E-state index contributed by atoms with van der Waals surface area (Å²) in [4.78, 5) is 11.7. The van der Waals surface area contributed by atoms with Crippen LogP contribution in [0.25, 0.3) is 0 Å². The number of unbranched alkanes of at least 4 members (excludes halogenated alkanes) is 18. The average Bonchev–Trinajstić information content (AvgIpc) is 2.88. The molecule has 38 heavy (non-hydrogen) atoms. The summed E-state index contributed by atoms with van der Waals surface area (Å²) < 4.78 is 21.7. The summed E-state index contributed by atoms with van der Waals surface area (Å²) in [6.07, 6.45) is 24.5. The van der Waals surface area contributed by atoms with Crippen LogP contribution in [0.15, 0.2) is 24.3 Å². The van der Waals surface area contributed by atoms with Crippen LogP contribution in [0.4, 0.5) is 0 Å². The van der Waals surface area contributed by atoms with E-state index in [1.165, 1.54) is 114 Å². The maximum atomic E-state index is 11.7. The van der Waals surface area contributed by atoms with Crippen molar-refractivity contribution < 1.29 is 48.1 Å². The molecular formula is C32H60NaO4P. The maximum Gasteiger partial charge on any atom is 1.00 e. The first-order valence-corrected chi connectivity index (χ1v) is 17.0. The predicted octanol–water partition coefficient (Wildman–Crippen LogP) is 7.64. The summed E-state index contributed by atoms with van der Waals surface area (Å²) in [7, 11) is -4.10. The molecule has 6 heteroatoms. The van der Waals surface area contributed by atoms with Crippen LogP contribution in [-0.4, -0.2) is 13.2 Å². The molecule has 4 nitrogen and oxygen atoms in total. The van der Waals surface area contributed by atoms with Gasteiger partial charge in [0.05, 0.1) is 13.2 Å². The van der Waals surface area contributed by atoms with E-state index in [9.17, 15) is 9.46 Å². The SMILES string of the molecule is CCCCCCCCCCCCOP(=O)([O-])OCCCCCCCCCCCC.Cc1ccccc1C.[Na+]. The van der Waals surface area contributed by atoms with Crippen molar-refractivity contribution in [2.24, 2.45) is 0 Å². The molecule has 0 atom stereocenters. The van der Waals surface area contributed by atoms with E-state index in [-0.39, 0.29) is 42.8 Å². The van der Waals surface area contributed by atoms with Gasteiger partial charge in [-0.3, -0.25) is 4.57 Å². The third-order valence-electron chi connectivity index (χ3n) is 6.92. The van der Waals surface area contributed by atoms with Crippen molar-refractivity contribution in [3.63, 3.8) is 0 Å². The summed E-state index contributed by atoms with van der Waals surface area (Å²) in [5.41, 5.74) is 2.74. The van der Waals surface area contributed by atoms with Gasteiger partial charge in [-0.25, -0.2) is 0 Å². The van der Waals surface area contributed by atoms with Crippen molar-refractivity contribution in [3.05, 3.63) is 35.4 Å². The fraction of sp³-hybridized carbons (Fsp3) is 0.812. The van der Waals surface area contributed by atoms with E-state index >= 15 is 0 Å². The molecule has 0 bridgehead atoms. The van der Waals surface area contributed by atoms with Crippen molar-refractivity contribution >= 4 is 7.82 Å². The van der Waals surface area contributed by atoms with Gasteiger partial charge in [-0.05, 0) is 37.8 Å². The van der Waals surface area contributed by atoms with Crippen molar-refractivity contribution in [2.45, 2.75) is 156 Å². The minimum absolute atomic E-state index is 0. The summed E-state index contributed by atoms with van der Waals surface area (Å²) in [6.45, 7) is 9.24. The summed E-state index contributed by atoms with van der Waals surface area (Å²) in [5.74, 6) is 0. The Labute approximate surface area is 259 Å². The Hall–Kier alpha value is 0.330. The summed E-state index contributed by atoms with van der Waals surface area (Å²) in [6, 6.07) is 8.36. The number of aryl methyl sites for hydroxylation is 2. The summed E-state index contributed by atoms with van der Waals surface area (Å²) >= 11 is 0. The molecule has 0 spiro atoms. The van der Waals surface area contributed by atoms with Crippen LogP contribution in [0.1, 0.15) is 153 Å². The summed E-state index contributed by atoms with van der Waals surface area (Å²) in [5, 5.41) is 0. The number of phosphoric acid groups is 1. The zero-order valence-electron chi connectivity index (χ0n) is 25.9. The van der Waals surface area contributed by atoms with Crippen molar-refractivity contribution in [1.82, 2.24) is 0 Å². The van der Waals surface area contributed by atoms with Gasteiger partial charge in [0.25, 0.3) is 7.82 Å². The van der Waals surface area contributed by atoms with E-state index in [4.69, 9.17) is 9.05 Å². The van der Waals surface area contributed by atoms with Gasteiger partial charge in [0.2, 0.25) is 0 Å². The topological polar surface area (TPSA) is 58.6 Å². The molecule has 0 aliphatic heterocycles. The van der Waals surface area contributed by atoms with Crippen LogP contribution in [0.2, 0.25) is 0 Å². The number of hydrogen-bond donors (Lipinski definition) is 0. The molecule has 0 amide bonds. The molecule has 0 saturated heterocycles. The Balaban J connectivity index is 0. The smallest absolute Gasteiger partial charge is 0.756 e. The normalized spacial score (nSPS) is 11.1. The van der Waals surface area contributed by atoms with Crippen LogP contribution in [0.3, 0.4) is 0 Å². The van der Waals surface area contributed by atoms with Crippen molar-refractivity contribution in [1.29, 1.82) is 0 Å². The van der Waals surface area contributed by atoms with Gasteiger partial charge in [-0.1, -0.05) is 154 Å². The molecule has 0 unspecified atom stereocenters. The Morgan fingerprint density at radius 2 is 0.816 bits per heavy atom. The zero-order valence-corrected chi connectivity index (χ0v) is 28.8. The molecular weight excluding hydrogens is 502 g/mol. The largest absolute Gasteiger partial charge is 1.00 e. The first-order valence-electron chi connectivity index (χ1n) is 15.5. The van der Waals surface area contributed by atoms with Crippen LogP contribution in [0, 0.1) is 13.8 Å². The third kappa shape index (κ3) is 29.3. The van der Waals surface area contributed by atoms with E-state index in [1.807, 2.05) is 0 Å². The molecule has 0 fully saturated rings. The molecule has 0 saturated carbocycles. The monoisotopic (exact) mass is 562 g/mol. The van der Waals surface area contributed by atoms with E-state index in [2.05, 4.69) is 52.0 Å². The molecule has 1 rings (SSSR count). The zero-order chi connectivity index (χ0) is 27.5. The average molecular weight is 563 g/mol. The number of benzene rings is 1. The van der Waals surface area contributed by atoms with E-state index in [0.29, 0.717) is 0 Å². The minimum atomic E-state index is -4.10. The number of rotatable bonds is 24. The van der Waals surface area contributed by atoms with E-state index < -0.39 is 7.82 Å². The molecule has 0 aliphatic rings. The molecule has 0 aliphatic carbocycles. The van der Waals surface area contributed by atoms with Crippen molar-refractivity contribution in [3.8, 4) is 0 Å². The standard InChI is InChI=1S/C24H51O4P.C8H10.Na/c1-3-5-7-9-11-13-15-17-19-21-23-27-29(25,26)28-24-22-20-18-16-14-12-10-8-6-4-2;1-7-5-3-4-6-8(7)2;/h3-24H2,1-2H3,(H,25,26);3-6H,1-2H3;/q;;+1/p-1. The Morgan fingerprint density at radius 3 is 1.08 bits per heavy atom. The Morgan fingerprint density at radius 1 is 0.553 bits per heavy atom. The molecule has 1 aromatic rings. The Kier molecular flexibility index (Phi) is 32.3. The fourth-order valence-corrected chi connectivity index (χ4v) is 5.01. The third-order valence-corrected chi connectivity index (χ3v) is 7.92. The van der Waals surface area contributed by atoms with Gasteiger partial charge < -0.3 is 13.9 Å². The van der Waals surface area contributed by atoms with Gasteiger partial charge in [0, 0.05) is 0 Å². The second kappa shape index (κ2) is 30.3. The van der Waals surface area contributed by atoms with Gasteiger partial charge in [0.15, 0.2) is 0 Å². The minimum Gasteiger partial charge on any atom is -0.756 e. The van der Waals surface area contributed by atoms with Gasteiger partial charge in [0.1, 0.15) is 0 Å². The van der Waals surface area contributed by atoms with Crippen LogP contribution in [-0.2, 0) is 13.6 Å². The molecule has 218 valence electrons. The molecule has 0 aromatic heterocycles. The molecule has 0 heterocycles. The van der Waals surface area contributed by atoms with Crippen LogP contribution >= 0.6 is 7.82 Å². The first kappa shape index (κ1) is 40.5. The quantitative estimate of drug-likeness (QED) is 0.0738. The predicted molar refractivity (Wildman–Crippen MR) is 159 cm³/mol. The Bertz CT molecular complexity index is 605. The molecule has 0 N–H and O–H groups in total. The van der Waals surface area contributed by atoms with Crippen LogP contribution < -0.4 is 34.5 Å². The van der Waals surface area contributed by atoms with E-state index in [0.717, 1.165) is 25.7 Å². The fourth-order valence-electron chi connectivity index (χ4n) is 4.23. The van der Waals surface area contributed by atoms with E-state index in [1.54, 1.807) is 0 Å². The van der Waals surface area contributed by atoms with Crippen LogP contribution in [0.5, 0.6) is 0 Å². The van der Waals surface area contributed by atoms with Gasteiger partial charge in [-0.15, -0.1) is 0 Å². The molecule has 0 radical (unpaired) electrons. The molecule has 1 aromatic carbocycles. The second-order valence-electron chi connectivity index (χ2n) is 10.6. The van der Waals surface area contributed by atoms with Gasteiger partial charge in [-0.2, -0.15) is 0 Å². The first-order chi connectivity index (χ1) is 17.9. The van der Waals surface area contributed by atoms with Crippen molar-refractivity contribution in [2.75, 3.05) is 13.2 Å². The second-order valence-corrected chi connectivity index (χ2v) is 12.0. The maximum absolute atomic E-state index is 11.7. The number of phosphoric ester groups is 1.